The summed E-state index contributed by atoms with van der Waals surface area (Å²) in [7, 11) is 0. The van der Waals surface area contributed by atoms with Crippen molar-refractivity contribution in [2.75, 3.05) is 0 Å². The summed E-state index contributed by atoms with van der Waals surface area (Å²) >= 11 is 3.69. The van der Waals surface area contributed by atoms with Crippen LogP contribution in [-0.4, -0.2) is 10.7 Å². The first-order chi connectivity index (χ1) is 37.1. The van der Waals surface area contributed by atoms with Gasteiger partial charge in [-0.25, -0.2) is 0 Å². The van der Waals surface area contributed by atoms with Crippen LogP contribution in [0, 0.1) is 0 Å². The third-order valence-electron chi connectivity index (χ3n) is 16.3. The standard InChI is InChI=1S/C72H54OS2/c73-72-44-20-19-35-63(72)69(59-39-37-52(46-62(59)48-23-7-2-8-24-48)67-43-41-65(75-67)50-27-11-4-12-28-50)57-33-17-18-34-60(57)71(72)70-55-31-15-13-29-53(55)68(54-30-14-16-32-56(54)70)58-38-36-51(45-61(58)47-21-5-1-6-22-47)66-42-40-64(74-66)49-25-9-3-10-26-49/h1-13,15,17-29,31,33-43,45-46,69,71,73H,14,16,30,32,44H2. The molecule has 0 saturated carbocycles. The molecule has 2 aromatic heterocycles. The highest BCUT2D eigenvalue weighted by Crippen LogP contribution is 2.60. The lowest BCUT2D eigenvalue weighted by molar-refractivity contribution is 0.0528. The van der Waals surface area contributed by atoms with Gasteiger partial charge in [0.1, 0.15) is 5.60 Å². The molecule has 14 rings (SSSR count). The first kappa shape index (κ1) is 45.7. The SMILES string of the molecule is OC12CC=CC=C1C(c1ccc(-c3ccc(-c4ccccc4)s3)cc1-c1ccccc1)c1ccccc1C2c1c2c(c(-c3ccc(-c4ccc(-c5ccccc5)s4)cc3-c3ccccc3)c3ccccc13)CCCC2. The van der Waals surface area contributed by atoms with Gasteiger partial charge in [-0.15, -0.1) is 22.7 Å². The van der Waals surface area contributed by atoms with Crippen LogP contribution in [0.3, 0.4) is 0 Å². The highest BCUT2D eigenvalue weighted by atomic mass is 32.1. The van der Waals surface area contributed by atoms with Gasteiger partial charge in [-0.2, -0.15) is 0 Å². The quantitative estimate of drug-likeness (QED) is 0.153. The number of benzene rings is 9. The zero-order valence-electron chi connectivity index (χ0n) is 41.6. The highest BCUT2D eigenvalue weighted by molar-refractivity contribution is 7.19. The Morgan fingerprint density at radius 2 is 0.893 bits per heavy atom. The number of hydrogen-bond acceptors (Lipinski definition) is 3. The fraction of sp³-hybridized carbons (Fsp3) is 0.111. The predicted octanol–water partition coefficient (Wildman–Crippen LogP) is 19.4. The van der Waals surface area contributed by atoms with Crippen LogP contribution in [0.4, 0.5) is 0 Å². The topological polar surface area (TPSA) is 20.2 Å². The number of allylic oxidation sites excluding steroid dienone is 2. The van der Waals surface area contributed by atoms with Crippen molar-refractivity contribution in [2.24, 2.45) is 0 Å². The molecule has 0 amide bonds. The first-order valence-electron chi connectivity index (χ1n) is 26.5. The van der Waals surface area contributed by atoms with E-state index in [0.717, 1.165) is 31.3 Å². The minimum Gasteiger partial charge on any atom is -0.384 e. The molecular weight excluding hydrogens is 945 g/mol. The molecule has 1 N–H and O–H groups in total. The molecule has 360 valence electrons. The molecule has 3 aliphatic carbocycles. The number of aliphatic hydroxyl groups is 1. The molecule has 9 aromatic carbocycles. The Labute approximate surface area is 448 Å². The monoisotopic (exact) mass is 998 g/mol. The van der Waals surface area contributed by atoms with E-state index in [1.807, 2.05) is 22.7 Å². The van der Waals surface area contributed by atoms with E-state index < -0.39 is 5.60 Å². The van der Waals surface area contributed by atoms with E-state index in [1.165, 1.54) is 119 Å². The maximum atomic E-state index is 14.2. The van der Waals surface area contributed by atoms with Crippen LogP contribution < -0.4 is 0 Å². The van der Waals surface area contributed by atoms with Gasteiger partial charge in [0, 0.05) is 31.3 Å². The van der Waals surface area contributed by atoms with Crippen molar-refractivity contribution in [3.8, 4) is 75.1 Å². The van der Waals surface area contributed by atoms with Gasteiger partial charge in [-0.05, 0) is 174 Å². The molecule has 2 heterocycles. The molecule has 0 aliphatic heterocycles. The van der Waals surface area contributed by atoms with E-state index in [-0.39, 0.29) is 11.8 Å². The van der Waals surface area contributed by atoms with Crippen molar-refractivity contribution in [1.82, 2.24) is 0 Å². The average molecular weight is 999 g/mol. The second kappa shape index (κ2) is 19.1. The van der Waals surface area contributed by atoms with Crippen LogP contribution in [0.2, 0.25) is 0 Å². The summed E-state index contributed by atoms with van der Waals surface area (Å²) in [5.41, 5.74) is 20.1. The summed E-state index contributed by atoms with van der Waals surface area (Å²) in [5.74, 6) is -0.456. The lowest BCUT2D eigenvalue weighted by atomic mass is 9.57. The van der Waals surface area contributed by atoms with Gasteiger partial charge in [0.05, 0.1) is 0 Å². The third-order valence-corrected chi connectivity index (χ3v) is 18.7. The summed E-state index contributed by atoms with van der Waals surface area (Å²) in [6.45, 7) is 0. The van der Waals surface area contributed by atoms with Crippen molar-refractivity contribution in [2.45, 2.75) is 49.5 Å². The van der Waals surface area contributed by atoms with Gasteiger partial charge in [-0.3, -0.25) is 0 Å². The van der Waals surface area contributed by atoms with Crippen molar-refractivity contribution in [3.05, 3.63) is 288 Å². The summed E-state index contributed by atoms with van der Waals surface area (Å²) in [5, 5.41) is 16.7. The van der Waals surface area contributed by atoms with Gasteiger partial charge in [0.15, 0.2) is 0 Å². The zero-order valence-corrected chi connectivity index (χ0v) is 43.3. The number of fused-ring (bicyclic) bond motifs is 4. The Balaban J connectivity index is 0.951. The molecule has 0 fully saturated rings. The minimum absolute atomic E-state index is 0.166. The molecule has 0 bridgehead atoms. The average Bonchev–Trinajstić information content (AvgIpc) is 4.22. The fourth-order valence-electron chi connectivity index (χ4n) is 13.0. The van der Waals surface area contributed by atoms with Gasteiger partial charge >= 0.3 is 0 Å². The summed E-state index contributed by atoms with van der Waals surface area (Å²) in [4.78, 5) is 5.04. The summed E-state index contributed by atoms with van der Waals surface area (Å²) in [6, 6.07) is 84.9. The molecule has 1 nitrogen and oxygen atoms in total. The van der Waals surface area contributed by atoms with E-state index in [9.17, 15) is 5.11 Å². The minimum atomic E-state index is -1.19. The maximum Gasteiger partial charge on any atom is 0.101 e. The first-order valence-corrected chi connectivity index (χ1v) is 28.2. The van der Waals surface area contributed by atoms with Gasteiger partial charge < -0.3 is 5.11 Å². The molecule has 0 radical (unpaired) electrons. The van der Waals surface area contributed by atoms with Gasteiger partial charge in [0.25, 0.3) is 0 Å². The number of thiophene rings is 2. The van der Waals surface area contributed by atoms with Crippen molar-refractivity contribution in [3.63, 3.8) is 0 Å². The fourth-order valence-corrected chi connectivity index (χ4v) is 15.0. The van der Waals surface area contributed by atoms with Crippen LogP contribution >= 0.6 is 22.7 Å². The van der Waals surface area contributed by atoms with Crippen molar-refractivity contribution >= 4 is 33.4 Å². The Kier molecular flexibility index (Phi) is 11.6. The van der Waals surface area contributed by atoms with Crippen molar-refractivity contribution in [1.29, 1.82) is 0 Å². The van der Waals surface area contributed by atoms with Crippen LogP contribution in [0.5, 0.6) is 0 Å². The normalized spacial score (nSPS) is 17.7. The lowest BCUT2D eigenvalue weighted by Crippen LogP contribution is -2.46. The molecule has 3 atom stereocenters. The second-order valence-electron chi connectivity index (χ2n) is 20.5. The Morgan fingerprint density at radius 3 is 1.52 bits per heavy atom. The Bertz CT molecular complexity index is 3990. The van der Waals surface area contributed by atoms with E-state index >= 15 is 0 Å². The predicted molar refractivity (Wildman–Crippen MR) is 318 cm³/mol. The van der Waals surface area contributed by atoms with Gasteiger partial charge in [0.2, 0.25) is 0 Å². The molecular formula is C72H54OS2. The highest BCUT2D eigenvalue weighted by Gasteiger charge is 2.52. The largest absolute Gasteiger partial charge is 0.384 e. The maximum absolute atomic E-state index is 14.2. The van der Waals surface area contributed by atoms with Crippen LogP contribution in [0.25, 0.3) is 85.9 Å². The molecule has 75 heavy (non-hydrogen) atoms. The molecule has 0 spiro atoms. The Morgan fingerprint density at radius 1 is 0.400 bits per heavy atom. The summed E-state index contributed by atoms with van der Waals surface area (Å²) in [6.07, 6.45) is 11.4. The summed E-state index contributed by atoms with van der Waals surface area (Å²) < 4.78 is 0. The number of rotatable bonds is 9. The molecule has 11 aromatic rings. The Hall–Kier alpha value is -7.92. The van der Waals surface area contributed by atoms with Crippen molar-refractivity contribution < 1.29 is 5.11 Å². The smallest absolute Gasteiger partial charge is 0.101 e. The van der Waals surface area contributed by atoms with E-state index in [2.05, 4.69) is 249 Å². The van der Waals surface area contributed by atoms with Crippen LogP contribution in [-0.2, 0) is 12.8 Å². The van der Waals surface area contributed by atoms with Crippen LogP contribution in [0.1, 0.15) is 64.5 Å². The van der Waals surface area contributed by atoms with Crippen LogP contribution in [0.15, 0.2) is 254 Å². The van der Waals surface area contributed by atoms with E-state index in [0.29, 0.717) is 6.42 Å². The van der Waals surface area contributed by atoms with E-state index in [4.69, 9.17) is 0 Å². The molecule has 3 unspecified atom stereocenters. The molecule has 3 aliphatic rings. The lowest BCUT2D eigenvalue weighted by Gasteiger charge is -2.49. The third kappa shape index (κ3) is 7.92. The van der Waals surface area contributed by atoms with E-state index in [1.54, 1.807) is 0 Å². The number of hydrogen-bond donors (Lipinski definition) is 1. The second-order valence-corrected chi connectivity index (χ2v) is 22.7. The zero-order chi connectivity index (χ0) is 49.9. The molecule has 3 heteroatoms. The van der Waals surface area contributed by atoms with Gasteiger partial charge in [-0.1, -0.05) is 212 Å². The molecule has 0 saturated heterocycles.